The number of benzene rings is 1. The maximum atomic E-state index is 12.5. The van der Waals surface area contributed by atoms with Crippen molar-refractivity contribution in [1.29, 1.82) is 0 Å². The molecule has 0 unspecified atom stereocenters. The summed E-state index contributed by atoms with van der Waals surface area (Å²) in [5, 5.41) is 4.41. The van der Waals surface area contributed by atoms with Gasteiger partial charge < -0.3 is 10.6 Å². The highest BCUT2D eigenvalue weighted by atomic mass is 35.5. The Labute approximate surface area is 113 Å². The van der Waals surface area contributed by atoms with Crippen LogP contribution < -0.4 is 10.6 Å². The number of carbonyl (C=O) groups is 1. The summed E-state index contributed by atoms with van der Waals surface area (Å²) in [5.41, 5.74) is 0.633. The third-order valence-electron chi connectivity index (χ3n) is 2.07. The molecule has 0 aromatic heterocycles. The summed E-state index contributed by atoms with van der Waals surface area (Å²) in [7, 11) is 0. The van der Waals surface area contributed by atoms with E-state index in [1.165, 1.54) is 0 Å². The average molecular weight is 301 g/mol. The van der Waals surface area contributed by atoms with Crippen molar-refractivity contribution >= 4 is 24.0 Å². The zero-order valence-corrected chi connectivity index (χ0v) is 10.5. The van der Waals surface area contributed by atoms with E-state index in [2.05, 4.69) is 5.32 Å². The molecule has 0 fully saturated rings. The van der Waals surface area contributed by atoms with Gasteiger partial charge >= 0.3 is 12.3 Å². The third-order valence-corrected chi connectivity index (χ3v) is 2.07. The first kappa shape index (κ1) is 17.5. The lowest BCUT2D eigenvalue weighted by Crippen LogP contribution is -2.43. The minimum absolute atomic E-state index is 0. The van der Waals surface area contributed by atoms with Gasteiger partial charge in [0, 0.05) is 5.69 Å². The molecular formula is C11H13ClF4N2O. The summed E-state index contributed by atoms with van der Waals surface area (Å²) >= 11 is 0. The number of hydrogen-bond donors (Lipinski definition) is 2. The molecule has 1 aromatic carbocycles. The van der Waals surface area contributed by atoms with Gasteiger partial charge in [-0.25, -0.2) is 8.78 Å². The summed E-state index contributed by atoms with van der Waals surface area (Å²) in [4.78, 5) is 11.1. The number of anilines is 1. The third kappa shape index (κ3) is 6.28. The number of amides is 1. The molecule has 1 aromatic rings. The van der Waals surface area contributed by atoms with Crippen LogP contribution in [0.15, 0.2) is 30.3 Å². The Morgan fingerprint density at radius 1 is 1.21 bits per heavy atom. The maximum absolute atomic E-state index is 12.5. The molecule has 1 rings (SSSR count). The van der Waals surface area contributed by atoms with Crippen LogP contribution in [0.25, 0.3) is 0 Å². The van der Waals surface area contributed by atoms with Gasteiger partial charge in [0.15, 0.2) is 0 Å². The molecule has 0 aliphatic carbocycles. The van der Waals surface area contributed by atoms with Gasteiger partial charge in [-0.2, -0.15) is 8.78 Å². The quantitative estimate of drug-likeness (QED) is 0.793. The predicted molar refractivity (Wildman–Crippen MR) is 66.1 cm³/mol. The molecule has 3 nitrogen and oxygen atoms in total. The molecule has 0 radical (unpaired) electrons. The van der Waals surface area contributed by atoms with E-state index in [9.17, 15) is 22.4 Å². The van der Waals surface area contributed by atoms with Gasteiger partial charge in [0.25, 0.3) is 0 Å². The highest BCUT2D eigenvalue weighted by Crippen LogP contribution is 2.21. The van der Waals surface area contributed by atoms with Crippen LogP contribution in [-0.2, 0) is 4.79 Å². The monoisotopic (exact) mass is 300 g/mol. The molecule has 0 saturated heterocycles. The molecule has 0 bridgehead atoms. The molecule has 2 N–H and O–H groups in total. The van der Waals surface area contributed by atoms with E-state index >= 15 is 0 Å². The number of halogens is 5. The summed E-state index contributed by atoms with van der Waals surface area (Å²) in [6.45, 7) is -1.64. The SMILES string of the molecule is Cl.O=C(CNc1ccccc1)NCC(F)(F)C(F)F. The van der Waals surface area contributed by atoms with Crippen LogP contribution in [0.2, 0.25) is 0 Å². The molecule has 0 saturated carbocycles. The van der Waals surface area contributed by atoms with Crippen molar-refractivity contribution in [2.24, 2.45) is 0 Å². The standard InChI is InChI=1S/C11H12F4N2O.ClH/c12-10(13)11(14,15)7-17-9(18)6-16-8-4-2-1-3-5-8;/h1-5,10,16H,6-7H2,(H,17,18);1H. The lowest BCUT2D eigenvalue weighted by atomic mass is 10.3. The number of rotatable bonds is 6. The van der Waals surface area contributed by atoms with Crippen molar-refractivity contribution in [1.82, 2.24) is 5.32 Å². The van der Waals surface area contributed by atoms with Crippen LogP contribution in [0.1, 0.15) is 0 Å². The van der Waals surface area contributed by atoms with Crippen LogP contribution in [0.4, 0.5) is 23.2 Å². The molecule has 0 aliphatic heterocycles. The second-order valence-corrected chi connectivity index (χ2v) is 3.56. The zero-order chi connectivity index (χ0) is 13.6. The number of para-hydroxylation sites is 1. The van der Waals surface area contributed by atoms with Crippen molar-refractivity contribution in [2.75, 3.05) is 18.4 Å². The first-order valence-corrected chi connectivity index (χ1v) is 5.13. The molecule has 0 aliphatic rings. The van der Waals surface area contributed by atoms with Crippen molar-refractivity contribution < 1.29 is 22.4 Å². The first-order valence-electron chi connectivity index (χ1n) is 5.13. The minimum Gasteiger partial charge on any atom is -0.376 e. The summed E-state index contributed by atoms with van der Waals surface area (Å²) < 4.78 is 48.6. The fourth-order valence-electron chi connectivity index (χ4n) is 1.09. The number of nitrogens with one attached hydrogen (secondary N) is 2. The van der Waals surface area contributed by atoms with E-state index < -0.39 is 24.8 Å². The van der Waals surface area contributed by atoms with E-state index in [1.54, 1.807) is 35.6 Å². The number of carbonyl (C=O) groups excluding carboxylic acids is 1. The minimum atomic E-state index is -4.21. The van der Waals surface area contributed by atoms with Crippen molar-refractivity contribution in [3.8, 4) is 0 Å². The Kier molecular flexibility index (Phi) is 7.21. The smallest absolute Gasteiger partial charge is 0.324 e. The van der Waals surface area contributed by atoms with Gasteiger partial charge in [-0.05, 0) is 12.1 Å². The molecule has 19 heavy (non-hydrogen) atoms. The molecule has 0 heterocycles. The van der Waals surface area contributed by atoms with Crippen molar-refractivity contribution in [2.45, 2.75) is 12.3 Å². The maximum Gasteiger partial charge on any atom is 0.324 e. The van der Waals surface area contributed by atoms with E-state index in [4.69, 9.17) is 0 Å². The summed E-state index contributed by atoms with van der Waals surface area (Å²) in [6, 6.07) is 8.59. The van der Waals surface area contributed by atoms with E-state index in [1.807, 2.05) is 0 Å². The van der Waals surface area contributed by atoms with Crippen molar-refractivity contribution in [3.63, 3.8) is 0 Å². The lowest BCUT2D eigenvalue weighted by Gasteiger charge is -2.15. The Morgan fingerprint density at radius 2 is 1.79 bits per heavy atom. The Hall–Kier alpha value is -1.50. The second kappa shape index (κ2) is 7.83. The van der Waals surface area contributed by atoms with Crippen LogP contribution in [0.5, 0.6) is 0 Å². The Morgan fingerprint density at radius 3 is 2.32 bits per heavy atom. The molecule has 1 amide bonds. The van der Waals surface area contributed by atoms with Gasteiger partial charge in [0.1, 0.15) is 0 Å². The van der Waals surface area contributed by atoms with Crippen LogP contribution in [-0.4, -0.2) is 31.3 Å². The van der Waals surface area contributed by atoms with Crippen LogP contribution >= 0.6 is 12.4 Å². The van der Waals surface area contributed by atoms with Gasteiger partial charge in [0.2, 0.25) is 5.91 Å². The predicted octanol–water partition coefficient (Wildman–Crippen LogP) is 2.54. The molecule has 0 spiro atoms. The Balaban J connectivity index is 0.00000324. The fraction of sp³-hybridized carbons (Fsp3) is 0.364. The fourth-order valence-corrected chi connectivity index (χ4v) is 1.09. The number of alkyl halides is 4. The molecule has 0 atom stereocenters. The first-order chi connectivity index (χ1) is 8.42. The second-order valence-electron chi connectivity index (χ2n) is 3.56. The topological polar surface area (TPSA) is 41.1 Å². The van der Waals surface area contributed by atoms with Crippen LogP contribution in [0.3, 0.4) is 0 Å². The Bertz CT molecular complexity index is 390. The van der Waals surface area contributed by atoms with Gasteiger partial charge in [0.05, 0.1) is 13.1 Å². The highest BCUT2D eigenvalue weighted by Gasteiger charge is 2.40. The summed E-state index contributed by atoms with van der Waals surface area (Å²) in [5.74, 6) is -4.98. The number of hydrogen-bond acceptors (Lipinski definition) is 2. The largest absolute Gasteiger partial charge is 0.376 e. The van der Waals surface area contributed by atoms with Crippen LogP contribution in [0, 0.1) is 0 Å². The zero-order valence-electron chi connectivity index (χ0n) is 9.71. The average Bonchev–Trinajstić information content (AvgIpc) is 2.35. The molecular weight excluding hydrogens is 288 g/mol. The van der Waals surface area contributed by atoms with E-state index in [0.29, 0.717) is 5.69 Å². The van der Waals surface area contributed by atoms with E-state index in [-0.39, 0.29) is 19.0 Å². The van der Waals surface area contributed by atoms with Gasteiger partial charge in [-0.15, -0.1) is 12.4 Å². The molecule has 108 valence electrons. The van der Waals surface area contributed by atoms with Crippen molar-refractivity contribution in [3.05, 3.63) is 30.3 Å². The summed E-state index contributed by atoms with van der Waals surface area (Å²) in [6.07, 6.45) is -3.79. The van der Waals surface area contributed by atoms with Gasteiger partial charge in [-0.1, -0.05) is 18.2 Å². The van der Waals surface area contributed by atoms with E-state index in [0.717, 1.165) is 0 Å². The van der Waals surface area contributed by atoms with Gasteiger partial charge in [-0.3, -0.25) is 4.79 Å². The highest BCUT2D eigenvalue weighted by molar-refractivity contribution is 5.85. The molecule has 8 heteroatoms. The normalized spacial score (nSPS) is 10.8. The lowest BCUT2D eigenvalue weighted by molar-refractivity contribution is -0.135.